The van der Waals surface area contributed by atoms with Crippen molar-refractivity contribution in [1.29, 1.82) is 0 Å². The van der Waals surface area contributed by atoms with Crippen molar-refractivity contribution in [3.05, 3.63) is 0 Å². The molecule has 116 valence electrons. The van der Waals surface area contributed by atoms with E-state index >= 15 is 0 Å². The first kappa shape index (κ1) is 16.9. The molecule has 0 aliphatic carbocycles. The van der Waals surface area contributed by atoms with Crippen molar-refractivity contribution in [2.24, 2.45) is 11.1 Å². The first-order valence-electron chi connectivity index (χ1n) is 7.13. The third-order valence-electron chi connectivity index (χ3n) is 4.08. The summed E-state index contributed by atoms with van der Waals surface area (Å²) < 4.78 is 0. The van der Waals surface area contributed by atoms with Gasteiger partial charge in [0.25, 0.3) is 0 Å². The Balaban J connectivity index is 2.45. The summed E-state index contributed by atoms with van der Waals surface area (Å²) in [6.07, 6.45) is 0.345. The molecule has 3 N–H and O–H groups in total. The predicted octanol–water partition coefficient (Wildman–Crippen LogP) is 0.367. The molecule has 0 spiro atoms. The Morgan fingerprint density at radius 1 is 1.20 bits per heavy atom. The molecular formula is C14H27N3O3. The van der Waals surface area contributed by atoms with Gasteiger partial charge in [-0.05, 0) is 12.3 Å². The van der Waals surface area contributed by atoms with Gasteiger partial charge in [-0.3, -0.25) is 14.5 Å². The molecule has 1 amide bonds. The first-order valence-corrected chi connectivity index (χ1v) is 7.13. The number of nitrogens with two attached hydrogens (primary N) is 1. The van der Waals surface area contributed by atoms with Crippen LogP contribution in [0.3, 0.4) is 0 Å². The molecule has 1 aliphatic heterocycles. The highest BCUT2D eigenvalue weighted by atomic mass is 16.4. The van der Waals surface area contributed by atoms with Crippen LogP contribution < -0.4 is 5.73 Å². The van der Waals surface area contributed by atoms with Crippen LogP contribution in [0.15, 0.2) is 0 Å². The minimum Gasteiger partial charge on any atom is -0.480 e. The lowest BCUT2D eigenvalue weighted by Gasteiger charge is -2.37. The van der Waals surface area contributed by atoms with Gasteiger partial charge in [0.1, 0.15) is 6.04 Å². The lowest BCUT2D eigenvalue weighted by atomic mass is 9.85. The Kier molecular flexibility index (Phi) is 5.53. The average molecular weight is 285 g/mol. The summed E-state index contributed by atoms with van der Waals surface area (Å²) in [7, 11) is 0. The van der Waals surface area contributed by atoms with Gasteiger partial charge >= 0.3 is 5.97 Å². The van der Waals surface area contributed by atoms with E-state index in [1.165, 1.54) is 0 Å². The summed E-state index contributed by atoms with van der Waals surface area (Å²) in [4.78, 5) is 26.8. The fourth-order valence-electron chi connectivity index (χ4n) is 2.14. The summed E-state index contributed by atoms with van der Waals surface area (Å²) in [5.41, 5.74) is 5.95. The molecule has 6 heteroatoms. The Bertz CT molecular complexity index is 357. The number of aliphatic carboxylic acids is 1. The number of hydrogen-bond acceptors (Lipinski definition) is 4. The molecule has 0 aromatic heterocycles. The molecule has 2 atom stereocenters. The lowest BCUT2D eigenvalue weighted by Crippen LogP contribution is -2.54. The van der Waals surface area contributed by atoms with Crippen LogP contribution >= 0.6 is 0 Å². The molecule has 20 heavy (non-hydrogen) atoms. The Hall–Kier alpha value is -1.14. The van der Waals surface area contributed by atoms with Gasteiger partial charge in [0, 0.05) is 38.6 Å². The van der Waals surface area contributed by atoms with Gasteiger partial charge in [0.05, 0.1) is 0 Å². The zero-order chi connectivity index (χ0) is 15.5. The quantitative estimate of drug-likeness (QED) is 0.779. The summed E-state index contributed by atoms with van der Waals surface area (Å²) >= 11 is 0. The molecule has 2 unspecified atom stereocenters. The molecular weight excluding hydrogens is 258 g/mol. The highest BCUT2D eigenvalue weighted by molar-refractivity contribution is 5.77. The third-order valence-corrected chi connectivity index (χ3v) is 4.08. The topological polar surface area (TPSA) is 86.9 Å². The third kappa shape index (κ3) is 4.45. The molecule has 0 radical (unpaired) electrons. The summed E-state index contributed by atoms with van der Waals surface area (Å²) in [5.74, 6) is -0.755. The number of carbonyl (C=O) groups excluding carboxylic acids is 1. The van der Waals surface area contributed by atoms with Gasteiger partial charge < -0.3 is 15.7 Å². The predicted molar refractivity (Wildman–Crippen MR) is 77.3 cm³/mol. The molecule has 1 saturated heterocycles. The number of carboxylic acid groups (broad SMARTS) is 1. The second kappa shape index (κ2) is 6.54. The van der Waals surface area contributed by atoms with Crippen LogP contribution in [0.5, 0.6) is 0 Å². The molecule has 1 heterocycles. The average Bonchev–Trinajstić information content (AvgIpc) is 2.36. The molecule has 1 rings (SSSR count). The van der Waals surface area contributed by atoms with Crippen LogP contribution in [0.2, 0.25) is 0 Å². The van der Waals surface area contributed by atoms with E-state index < -0.39 is 12.0 Å². The number of piperazine rings is 1. The van der Waals surface area contributed by atoms with Crippen molar-refractivity contribution < 1.29 is 14.7 Å². The van der Waals surface area contributed by atoms with Crippen LogP contribution in [-0.2, 0) is 9.59 Å². The highest BCUT2D eigenvalue weighted by Gasteiger charge is 2.29. The van der Waals surface area contributed by atoms with Crippen LogP contribution in [0.1, 0.15) is 34.1 Å². The van der Waals surface area contributed by atoms with E-state index in [1.807, 2.05) is 25.7 Å². The number of amides is 1. The maximum atomic E-state index is 12.2. The number of rotatable bonds is 4. The van der Waals surface area contributed by atoms with E-state index in [4.69, 9.17) is 10.8 Å². The minimum atomic E-state index is -0.820. The number of nitrogens with zero attached hydrogens (tertiary/aromatic N) is 2. The lowest BCUT2D eigenvalue weighted by molar-refractivity contribution is -0.144. The fourth-order valence-corrected chi connectivity index (χ4v) is 2.14. The van der Waals surface area contributed by atoms with Gasteiger partial charge in [-0.15, -0.1) is 0 Å². The van der Waals surface area contributed by atoms with Gasteiger partial charge in [-0.1, -0.05) is 20.8 Å². The molecule has 0 saturated carbocycles. The first-order chi connectivity index (χ1) is 9.12. The zero-order valence-electron chi connectivity index (χ0n) is 12.9. The van der Waals surface area contributed by atoms with E-state index in [0.29, 0.717) is 32.6 Å². The molecule has 6 nitrogen and oxygen atoms in total. The SMILES string of the molecule is CC(C(=O)O)N1CCN(C(=O)CC(N)C(C)(C)C)CC1. The Morgan fingerprint density at radius 3 is 2.10 bits per heavy atom. The fraction of sp³-hybridized carbons (Fsp3) is 0.857. The van der Waals surface area contributed by atoms with Crippen LogP contribution in [0.25, 0.3) is 0 Å². The van der Waals surface area contributed by atoms with Crippen LogP contribution in [-0.4, -0.2) is 65.0 Å². The minimum absolute atomic E-state index is 0.0649. The van der Waals surface area contributed by atoms with Gasteiger partial charge in [-0.2, -0.15) is 0 Å². The smallest absolute Gasteiger partial charge is 0.320 e. The second-order valence-corrected chi connectivity index (χ2v) is 6.61. The second-order valence-electron chi connectivity index (χ2n) is 6.61. The van der Waals surface area contributed by atoms with E-state index in [0.717, 1.165) is 0 Å². The molecule has 0 aromatic rings. The van der Waals surface area contributed by atoms with Crippen molar-refractivity contribution in [2.75, 3.05) is 26.2 Å². The molecule has 0 bridgehead atoms. The number of carbonyl (C=O) groups is 2. The summed E-state index contributed by atoms with van der Waals surface area (Å²) in [6, 6.07) is -0.657. The summed E-state index contributed by atoms with van der Waals surface area (Å²) in [6.45, 7) is 10.1. The standard InChI is InChI=1S/C14H27N3O3/c1-10(13(19)20)16-5-7-17(8-6-16)12(18)9-11(15)14(2,3)4/h10-11H,5-9,15H2,1-4H3,(H,19,20). The van der Waals surface area contributed by atoms with Crippen molar-refractivity contribution in [1.82, 2.24) is 9.80 Å². The Morgan fingerprint density at radius 2 is 1.70 bits per heavy atom. The van der Waals surface area contributed by atoms with E-state index in [-0.39, 0.29) is 17.4 Å². The number of carboxylic acids is 1. The largest absolute Gasteiger partial charge is 0.480 e. The normalized spacial score (nSPS) is 20.6. The van der Waals surface area contributed by atoms with Gasteiger partial charge in [0.2, 0.25) is 5.91 Å². The van der Waals surface area contributed by atoms with Crippen molar-refractivity contribution >= 4 is 11.9 Å². The monoisotopic (exact) mass is 285 g/mol. The van der Waals surface area contributed by atoms with E-state index in [2.05, 4.69) is 0 Å². The van der Waals surface area contributed by atoms with Gasteiger partial charge in [0.15, 0.2) is 0 Å². The Labute approximate surface area is 120 Å². The maximum absolute atomic E-state index is 12.2. The van der Waals surface area contributed by atoms with Crippen molar-refractivity contribution in [3.63, 3.8) is 0 Å². The molecule has 0 aromatic carbocycles. The molecule has 1 fully saturated rings. The van der Waals surface area contributed by atoms with Crippen LogP contribution in [0, 0.1) is 5.41 Å². The summed E-state index contributed by atoms with van der Waals surface area (Å²) in [5, 5.41) is 8.98. The number of hydrogen-bond donors (Lipinski definition) is 2. The van der Waals surface area contributed by atoms with Crippen LogP contribution in [0.4, 0.5) is 0 Å². The van der Waals surface area contributed by atoms with Crippen molar-refractivity contribution in [2.45, 2.75) is 46.2 Å². The zero-order valence-corrected chi connectivity index (χ0v) is 12.9. The highest BCUT2D eigenvalue weighted by Crippen LogP contribution is 2.20. The van der Waals surface area contributed by atoms with E-state index in [9.17, 15) is 9.59 Å². The molecule has 1 aliphatic rings. The van der Waals surface area contributed by atoms with Gasteiger partial charge in [-0.25, -0.2) is 0 Å². The maximum Gasteiger partial charge on any atom is 0.320 e. The van der Waals surface area contributed by atoms with Crippen molar-refractivity contribution in [3.8, 4) is 0 Å². The van der Waals surface area contributed by atoms with E-state index in [1.54, 1.807) is 11.8 Å².